The number of halogens is 1. The second-order valence-electron chi connectivity index (χ2n) is 3.83. The highest BCUT2D eigenvalue weighted by Crippen LogP contribution is 2.29. The van der Waals surface area contributed by atoms with Crippen LogP contribution in [0.25, 0.3) is 22.4 Å². The molecule has 0 aliphatic rings. The summed E-state index contributed by atoms with van der Waals surface area (Å²) in [5.41, 5.74) is 0.402. The molecule has 0 aliphatic carbocycles. The summed E-state index contributed by atoms with van der Waals surface area (Å²) in [5, 5.41) is 10.6. The Hall–Kier alpha value is -2.20. The van der Waals surface area contributed by atoms with E-state index in [4.69, 9.17) is 16.0 Å². The Morgan fingerprint density at radius 3 is 2.83 bits per heavy atom. The SMILES string of the molecule is O=c1c(O)c(-c2ccc[nH]2)oc2cc(Cl)ccc12. The Morgan fingerprint density at radius 1 is 1.28 bits per heavy atom. The Labute approximate surface area is 106 Å². The van der Waals surface area contributed by atoms with Gasteiger partial charge in [0, 0.05) is 17.3 Å². The predicted molar refractivity (Wildman–Crippen MR) is 68.9 cm³/mol. The number of H-pyrrole nitrogens is 1. The molecule has 0 unspecified atom stereocenters. The lowest BCUT2D eigenvalue weighted by molar-refractivity contribution is 0.448. The minimum atomic E-state index is -0.475. The average Bonchev–Trinajstić information content (AvgIpc) is 2.87. The topological polar surface area (TPSA) is 66.2 Å². The number of aromatic hydroxyl groups is 1. The smallest absolute Gasteiger partial charge is 0.235 e. The number of rotatable bonds is 1. The van der Waals surface area contributed by atoms with Gasteiger partial charge in [0.05, 0.1) is 11.1 Å². The fourth-order valence-corrected chi connectivity index (χ4v) is 1.97. The molecule has 0 amide bonds. The third-order valence-electron chi connectivity index (χ3n) is 2.67. The molecule has 0 aliphatic heterocycles. The second kappa shape index (κ2) is 3.92. The molecule has 18 heavy (non-hydrogen) atoms. The summed E-state index contributed by atoms with van der Waals surface area (Å²) < 4.78 is 5.53. The molecule has 0 atom stereocenters. The van der Waals surface area contributed by atoms with Crippen LogP contribution < -0.4 is 5.43 Å². The van der Waals surface area contributed by atoms with Gasteiger partial charge in [0.2, 0.25) is 11.2 Å². The Bertz CT molecular complexity index is 775. The Kier molecular flexibility index (Phi) is 2.38. The van der Waals surface area contributed by atoms with Crippen LogP contribution in [0, 0.1) is 0 Å². The zero-order valence-electron chi connectivity index (χ0n) is 9.11. The molecular weight excluding hydrogens is 254 g/mol. The van der Waals surface area contributed by atoms with E-state index in [1.165, 1.54) is 6.07 Å². The summed E-state index contributed by atoms with van der Waals surface area (Å²) in [6.07, 6.45) is 1.68. The van der Waals surface area contributed by atoms with Gasteiger partial charge in [-0.05, 0) is 24.3 Å². The van der Waals surface area contributed by atoms with Crippen LogP contribution in [0.1, 0.15) is 0 Å². The molecule has 2 aromatic heterocycles. The summed E-state index contributed by atoms with van der Waals surface area (Å²) in [7, 11) is 0. The zero-order chi connectivity index (χ0) is 12.7. The molecule has 2 heterocycles. The number of hydrogen-bond donors (Lipinski definition) is 2. The lowest BCUT2D eigenvalue weighted by atomic mass is 10.2. The summed E-state index contributed by atoms with van der Waals surface area (Å²) >= 11 is 5.86. The van der Waals surface area contributed by atoms with E-state index < -0.39 is 11.2 Å². The Balaban J connectivity index is 2.41. The molecule has 0 fully saturated rings. The number of fused-ring (bicyclic) bond motifs is 1. The molecule has 90 valence electrons. The van der Waals surface area contributed by atoms with Crippen molar-refractivity contribution in [1.82, 2.24) is 4.98 Å². The maximum Gasteiger partial charge on any atom is 0.235 e. The maximum absolute atomic E-state index is 12.0. The van der Waals surface area contributed by atoms with Crippen molar-refractivity contribution in [3.05, 3.63) is 51.8 Å². The zero-order valence-corrected chi connectivity index (χ0v) is 9.86. The van der Waals surface area contributed by atoms with E-state index in [1.54, 1.807) is 30.5 Å². The first-order valence-corrected chi connectivity index (χ1v) is 5.63. The lowest BCUT2D eigenvalue weighted by Gasteiger charge is -2.04. The van der Waals surface area contributed by atoms with Gasteiger partial charge in [0.25, 0.3) is 0 Å². The van der Waals surface area contributed by atoms with Gasteiger partial charge in [-0.3, -0.25) is 4.79 Å². The minimum Gasteiger partial charge on any atom is -0.501 e. The predicted octanol–water partition coefficient (Wildman–Crippen LogP) is 3.15. The van der Waals surface area contributed by atoms with Gasteiger partial charge >= 0.3 is 0 Å². The van der Waals surface area contributed by atoms with Gasteiger partial charge in [-0.1, -0.05) is 11.6 Å². The van der Waals surface area contributed by atoms with E-state index in [0.717, 1.165) is 0 Å². The van der Waals surface area contributed by atoms with E-state index in [0.29, 0.717) is 21.7 Å². The van der Waals surface area contributed by atoms with Crippen LogP contribution >= 0.6 is 11.6 Å². The molecule has 2 N–H and O–H groups in total. The maximum atomic E-state index is 12.0. The van der Waals surface area contributed by atoms with E-state index in [-0.39, 0.29) is 5.76 Å². The number of nitrogens with one attached hydrogen (secondary N) is 1. The number of aromatic nitrogens is 1. The molecule has 4 nitrogen and oxygen atoms in total. The van der Waals surface area contributed by atoms with Crippen LogP contribution in [0.5, 0.6) is 5.75 Å². The van der Waals surface area contributed by atoms with Crippen LogP contribution in [-0.4, -0.2) is 10.1 Å². The van der Waals surface area contributed by atoms with Gasteiger partial charge in [-0.2, -0.15) is 0 Å². The highest BCUT2D eigenvalue weighted by molar-refractivity contribution is 6.31. The van der Waals surface area contributed by atoms with E-state index >= 15 is 0 Å². The first-order valence-electron chi connectivity index (χ1n) is 5.26. The normalized spacial score (nSPS) is 10.9. The Morgan fingerprint density at radius 2 is 2.11 bits per heavy atom. The molecule has 3 rings (SSSR count). The standard InChI is InChI=1S/C13H8ClNO3/c14-7-3-4-8-10(6-7)18-13(12(17)11(8)16)9-2-1-5-15-9/h1-6,15,17H. The quantitative estimate of drug-likeness (QED) is 0.707. The molecule has 5 heteroatoms. The minimum absolute atomic E-state index is 0.111. The molecule has 0 spiro atoms. The molecule has 3 aromatic rings. The highest BCUT2D eigenvalue weighted by atomic mass is 35.5. The van der Waals surface area contributed by atoms with Crippen molar-refractivity contribution in [1.29, 1.82) is 0 Å². The first kappa shape index (κ1) is 10.9. The van der Waals surface area contributed by atoms with Gasteiger partial charge in [0.15, 0.2) is 5.76 Å². The van der Waals surface area contributed by atoms with Gasteiger partial charge < -0.3 is 14.5 Å². The number of hydrogen-bond acceptors (Lipinski definition) is 3. The van der Waals surface area contributed by atoms with Gasteiger partial charge in [-0.25, -0.2) is 0 Å². The summed E-state index contributed by atoms with van der Waals surface area (Å²) in [6.45, 7) is 0. The van der Waals surface area contributed by atoms with Crippen LogP contribution in [0.2, 0.25) is 5.02 Å². The van der Waals surface area contributed by atoms with E-state index in [2.05, 4.69) is 4.98 Å². The molecule has 0 saturated carbocycles. The first-order chi connectivity index (χ1) is 8.66. The largest absolute Gasteiger partial charge is 0.501 e. The molecular formula is C13H8ClNO3. The number of aromatic amines is 1. The number of benzene rings is 1. The summed E-state index contributed by atoms with van der Waals surface area (Å²) in [4.78, 5) is 14.9. The van der Waals surface area contributed by atoms with Crippen LogP contribution in [0.4, 0.5) is 0 Å². The van der Waals surface area contributed by atoms with Crippen molar-refractivity contribution in [2.45, 2.75) is 0 Å². The lowest BCUT2D eigenvalue weighted by Crippen LogP contribution is -2.02. The average molecular weight is 262 g/mol. The third kappa shape index (κ3) is 1.58. The highest BCUT2D eigenvalue weighted by Gasteiger charge is 2.15. The fraction of sp³-hybridized carbons (Fsp3) is 0. The molecule has 0 saturated heterocycles. The van der Waals surface area contributed by atoms with Crippen LogP contribution in [-0.2, 0) is 0 Å². The molecule has 1 aromatic carbocycles. The van der Waals surface area contributed by atoms with Gasteiger partial charge in [-0.15, -0.1) is 0 Å². The molecule has 0 bridgehead atoms. The summed E-state index contributed by atoms with van der Waals surface area (Å²) in [6, 6.07) is 8.10. The van der Waals surface area contributed by atoms with E-state index in [9.17, 15) is 9.90 Å². The second-order valence-corrected chi connectivity index (χ2v) is 4.27. The van der Waals surface area contributed by atoms with Crippen molar-refractivity contribution >= 4 is 22.6 Å². The van der Waals surface area contributed by atoms with Crippen molar-refractivity contribution in [3.8, 4) is 17.2 Å². The van der Waals surface area contributed by atoms with Crippen LogP contribution in [0.3, 0.4) is 0 Å². The van der Waals surface area contributed by atoms with Crippen molar-refractivity contribution in [2.24, 2.45) is 0 Å². The van der Waals surface area contributed by atoms with E-state index in [1.807, 2.05) is 0 Å². The van der Waals surface area contributed by atoms with Crippen molar-refractivity contribution < 1.29 is 9.52 Å². The molecule has 0 radical (unpaired) electrons. The third-order valence-corrected chi connectivity index (χ3v) is 2.91. The fourth-order valence-electron chi connectivity index (χ4n) is 1.81. The summed E-state index contributed by atoms with van der Waals surface area (Å²) in [5.74, 6) is -0.299. The van der Waals surface area contributed by atoms with Crippen molar-refractivity contribution in [2.75, 3.05) is 0 Å². The van der Waals surface area contributed by atoms with Gasteiger partial charge in [0.1, 0.15) is 5.58 Å². The monoisotopic (exact) mass is 261 g/mol. The van der Waals surface area contributed by atoms with Crippen molar-refractivity contribution in [3.63, 3.8) is 0 Å². The van der Waals surface area contributed by atoms with Crippen LogP contribution in [0.15, 0.2) is 45.7 Å².